The predicted octanol–water partition coefficient (Wildman–Crippen LogP) is 4.31. The first-order chi connectivity index (χ1) is 16.0. The number of pyridine rings is 2. The van der Waals surface area contributed by atoms with Gasteiger partial charge in [0.1, 0.15) is 11.4 Å². The molecule has 0 radical (unpaired) electrons. The van der Waals surface area contributed by atoms with E-state index in [9.17, 15) is 18.0 Å². The van der Waals surface area contributed by atoms with Crippen molar-refractivity contribution in [2.45, 2.75) is 56.4 Å². The summed E-state index contributed by atoms with van der Waals surface area (Å²) in [6.07, 6.45) is -0.148. The zero-order valence-electron chi connectivity index (χ0n) is 19.0. The minimum atomic E-state index is -4.56. The van der Waals surface area contributed by atoms with E-state index in [1.165, 1.54) is 19.4 Å². The van der Waals surface area contributed by atoms with Gasteiger partial charge in [-0.15, -0.1) is 0 Å². The molecular weight excluding hydrogens is 451 g/mol. The Morgan fingerprint density at radius 3 is 2.74 bits per heavy atom. The smallest absolute Gasteiger partial charge is 0.425 e. The number of methoxy groups -OCH3 is 1. The Labute approximate surface area is 193 Å². The average molecular weight is 475 g/mol. The number of fused-ring (bicyclic) bond motifs is 2. The van der Waals surface area contributed by atoms with Crippen molar-refractivity contribution in [3.63, 3.8) is 0 Å². The number of carbonyl (C=O) groups is 1. The Hall–Kier alpha value is -3.14. The van der Waals surface area contributed by atoms with Gasteiger partial charge in [0.25, 0.3) is 0 Å². The highest BCUT2D eigenvalue weighted by molar-refractivity contribution is 5.99. The molecule has 6 rings (SSSR count). The number of rotatable bonds is 7. The molecule has 0 spiro atoms. The Bertz CT molecular complexity index is 1260. The minimum absolute atomic E-state index is 0.0377. The second kappa shape index (κ2) is 7.69. The minimum Gasteiger partial charge on any atom is -0.481 e. The highest BCUT2D eigenvalue weighted by atomic mass is 19.4. The number of hydrogen-bond donors (Lipinski definition) is 0. The zero-order chi connectivity index (χ0) is 24.3. The standard InChI is InChI=1S/C24H24F3N3O4/c1-14(24(25,26)27)34-18-8-20-29-19(23-11-22(2,12-23)33-13-23)10-30(20)9-15(18)7-17(31)16-5-4-6-28-21(16)32-3/h4-6,8-10,14H,7,11-13H2,1-3H3. The lowest BCUT2D eigenvalue weighted by Crippen LogP contribution is -2.45. The summed E-state index contributed by atoms with van der Waals surface area (Å²) in [7, 11) is 1.40. The fraction of sp³-hybridized carbons (Fsp3) is 0.458. The molecule has 3 fully saturated rings. The van der Waals surface area contributed by atoms with Crippen LogP contribution in [0.4, 0.5) is 13.2 Å². The first-order valence-corrected chi connectivity index (χ1v) is 10.9. The predicted molar refractivity (Wildman–Crippen MR) is 115 cm³/mol. The van der Waals surface area contributed by atoms with Crippen LogP contribution in [0.5, 0.6) is 11.6 Å². The van der Waals surface area contributed by atoms with Gasteiger partial charge in [-0.05, 0) is 38.8 Å². The summed E-state index contributed by atoms with van der Waals surface area (Å²) in [5, 5.41) is 0. The number of carbonyl (C=O) groups excluding carboxylic acids is 1. The van der Waals surface area contributed by atoms with Gasteiger partial charge < -0.3 is 18.6 Å². The molecule has 34 heavy (non-hydrogen) atoms. The third kappa shape index (κ3) is 3.79. The number of aromatic nitrogens is 3. The molecule has 0 aromatic carbocycles. The maximum atomic E-state index is 13.3. The summed E-state index contributed by atoms with van der Waals surface area (Å²) in [6, 6.07) is 4.62. The van der Waals surface area contributed by atoms with E-state index < -0.39 is 12.3 Å². The number of nitrogens with zero attached hydrogens (tertiary/aromatic N) is 3. The van der Waals surface area contributed by atoms with E-state index in [0.29, 0.717) is 17.8 Å². The van der Waals surface area contributed by atoms with Gasteiger partial charge in [0.15, 0.2) is 11.9 Å². The first-order valence-electron chi connectivity index (χ1n) is 10.9. The Morgan fingerprint density at radius 2 is 2.09 bits per heavy atom. The first kappa shape index (κ1) is 22.6. The van der Waals surface area contributed by atoms with Crippen LogP contribution in [0.3, 0.4) is 0 Å². The third-order valence-corrected chi connectivity index (χ3v) is 6.68. The van der Waals surface area contributed by atoms with E-state index in [4.69, 9.17) is 14.2 Å². The third-order valence-electron chi connectivity index (χ3n) is 6.68. The van der Waals surface area contributed by atoms with Crippen molar-refractivity contribution < 1.29 is 32.2 Å². The SMILES string of the molecule is COc1ncccc1C(=O)Cc1cn2cc(C34COC(C)(C3)C4)nc2cc1OC(C)C(F)(F)F. The number of halogens is 3. The van der Waals surface area contributed by atoms with E-state index in [0.717, 1.165) is 25.5 Å². The molecule has 0 amide bonds. The van der Waals surface area contributed by atoms with Gasteiger partial charge in [-0.25, -0.2) is 9.97 Å². The number of ketones is 1. The van der Waals surface area contributed by atoms with Crippen molar-refractivity contribution in [1.82, 2.24) is 14.4 Å². The van der Waals surface area contributed by atoms with Gasteiger partial charge in [-0.2, -0.15) is 13.2 Å². The number of Topliss-reactive ketones (excluding diaryl/α,β-unsaturated/α-hetero) is 1. The molecule has 0 N–H and O–H groups in total. The molecule has 5 heterocycles. The maximum Gasteiger partial charge on any atom is 0.425 e. The van der Waals surface area contributed by atoms with Gasteiger partial charge in [-0.3, -0.25) is 4.79 Å². The van der Waals surface area contributed by atoms with Crippen LogP contribution in [0.1, 0.15) is 48.3 Å². The Balaban J connectivity index is 1.52. The molecule has 1 unspecified atom stereocenters. The normalized spacial score (nSPS) is 24.6. The van der Waals surface area contributed by atoms with Gasteiger partial charge in [-0.1, -0.05) is 0 Å². The van der Waals surface area contributed by atoms with Gasteiger partial charge in [0, 0.05) is 42.1 Å². The highest BCUT2D eigenvalue weighted by Gasteiger charge is 2.61. The molecule has 1 atom stereocenters. The van der Waals surface area contributed by atoms with Crippen LogP contribution < -0.4 is 9.47 Å². The fourth-order valence-corrected chi connectivity index (χ4v) is 5.00. The number of alkyl halides is 3. The van der Waals surface area contributed by atoms with Crippen molar-refractivity contribution in [1.29, 1.82) is 0 Å². The Morgan fingerprint density at radius 1 is 1.32 bits per heavy atom. The number of hydrogen-bond acceptors (Lipinski definition) is 6. The molecule has 3 aromatic rings. The van der Waals surface area contributed by atoms with Crippen molar-refractivity contribution in [3.05, 3.63) is 53.6 Å². The van der Waals surface area contributed by atoms with Crippen molar-refractivity contribution in [2.75, 3.05) is 13.7 Å². The molecule has 3 aromatic heterocycles. The van der Waals surface area contributed by atoms with Crippen LogP contribution >= 0.6 is 0 Å². The average Bonchev–Trinajstić information content (AvgIpc) is 3.43. The van der Waals surface area contributed by atoms with Crippen molar-refractivity contribution in [3.8, 4) is 11.6 Å². The van der Waals surface area contributed by atoms with E-state index in [1.54, 1.807) is 22.7 Å². The van der Waals surface area contributed by atoms with Crippen molar-refractivity contribution >= 4 is 11.4 Å². The molecule has 10 heteroatoms. The van der Waals surface area contributed by atoms with Gasteiger partial charge in [0.05, 0.1) is 30.6 Å². The summed E-state index contributed by atoms with van der Waals surface area (Å²) in [5.74, 6) is -0.242. The molecule has 1 saturated carbocycles. The van der Waals surface area contributed by atoms with Crippen molar-refractivity contribution in [2.24, 2.45) is 0 Å². The largest absolute Gasteiger partial charge is 0.481 e. The zero-order valence-corrected chi connectivity index (χ0v) is 19.0. The van der Waals surface area contributed by atoms with Gasteiger partial charge in [0.2, 0.25) is 5.88 Å². The second-order valence-electron chi connectivity index (χ2n) is 9.39. The summed E-state index contributed by atoms with van der Waals surface area (Å²) >= 11 is 0. The molecular formula is C24H24F3N3O4. The fourth-order valence-electron chi connectivity index (χ4n) is 5.00. The quantitative estimate of drug-likeness (QED) is 0.474. The monoisotopic (exact) mass is 475 g/mol. The van der Waals surface area contributed by atoms with E-state index in [2.05, 4.69) is 16.9 Å². The summed E-state index contributed by atoms with van der Waals surface area (Å²) in [5.41, 5.74) is 1.51. The number of ether oxygens (including phenoxy) is 3. The summed E-state index contributed by atoms with van der Waals surface area (Å²) < 4.78 is 57.8. The molecule has 2 bridgehead atoms. The maximum absolute atomic E-state index is 13.3. The van der Waals surface area contributed by atoms with Crippen LogP contribution in [0.2, 0.25) is 0 Å². The van der Waals surface area contributed by atoms with Crippen LogP contribution in [0.25, 0.3) is 5.65 Å². The van der Waals surface area contributed by atoms with E-state index >= 15 is 0 Å². The molecule has 180 valence electrons. The molecule has 3 aliphatic rings. The Kier molecular flexibility index (Phi) is 5.12. The van der Waals surface area contributed by atoms with Crippen LogP contribution in [0.15, 0.2) is 36.8 Å². The van der Waals surface area contributed by atoms with E-state index in [-0.39, 0.29) is 40.4 Å². The van der Waals surface area contributed by atoms with Crippen LogP contribution in [0, 0.1) is 0 Å². The molecule has 2 saturated heterocycles. The lowest BCUT2D eigenvalue weighted by Gasteiger charge is -2.41. The lowest BCUT2D eigenvalue weighted by atomic mass is 9.62. The molecule has 2 aliphatic heterocycles. The van der Waals surface area contributed by atoms with E-state index in [1.807, 2.05) is 6.20 Å². The number of imidazole rings is 1. The van der Waals surface area contributed by atoms with Gasteiger partial charge >= 0.3 is 6.18 Å². The van der Waals surface area contributed by atoms with Crippen LogP contribution in [-0.4, -0.2) is 51.7 Å². The van der Waals surface area contributed by atoms with Crippen LogP contribution in [-0.2, 0) is 16.6 Å². The topological polar surface area (TPSA) is 75.0 Å². The highest BCUT2D eigenvalue weighted by Crippen LogP contribution is 2.58. The lowest BCUT2D eigenvalue weighted by molar-refractivity contribution is -0.189. The summed E-state index contributed by atoms with van der Waals surface area (Å²) in [6.45, 7) is 3.56. The summed E-state index contributed by atoms with van der Waals surface area (Å²) in [4.78, 5) is 21.7. The molecule has 1 aliphatic carbocycles. The molecule has 7 nitrogen and oxygen atoms in total. The second-order valence-corrected chi connectivity index (χ2v) is 9.39.